The van der Waals surface area contributed by atoms with Crippen molar-refractivity contribution in [2.45, 2.75) is 26.5 Å². The zero-order valence-electron chi connectivity index (χ0n) is 24.8. The first-order valence-corrected chi connectivity index (χ1v) is 13.7. The van der Waals surface area contributed by atoms with Crippen LogP contribution in [0, 0.1) is 5.92 Å². The van der Waals surface area contributed by atoms with Crippen LogP contribution >= 0.6 is 0 Å². The molecule has 0 bridgehead atoms. The molecule has 238 valence electrons. The van der Waals surface area contributed by atoms with Crippen LogP contribution in [0.4, 0.5) is 0 Å². The molecule has 14 nitrogen and oxygen atoms in total. The second-order valence-electron chi connectivity index (χ2n) is 10.0. The number of rotatable bonds is 9. The monoisotopic (exact) mass is 614 g/mol. The van der Waals surface area contributed by atoms with Gasteiger partial charge in [0, 0.05) is 50.0 Å². The summed E-state index contributed by atoms with van der Waals surface area (Å²) in [6, 6.07) is 18.3. The maximum Gasteiger partial charge on any atom is 0.414 e. The number of hydrogen-bond acceptors (Lipinski definition) is 9. The van der Waals surface area contributed by atoms with E-state index in [1.165, 1.54) is 0 Å². The third-order valence-corrected chi connectivity index (χ3v) is 6.07. The Bertz CT molecular complexity index is 1310. The van der Waals surface area contributed by atoms with Gasteiger partial charge in [-0.1, -0.05) is 32.0 Å². The number of methoxy groups -OCH3 is 1. The molecule has 5 N–H and O–H groups in total. The third kappa shape index (κ3) is 12.2. The van der Waals surface area contributed by atoms with Crippen LogP contribution in [0.5, 0.6) is 5.75 Å². The molecule has 14 heteroatoms. The molecule has 0 spiro atoms. The number of aliphatic carboxylic acids is 4. The Morgan fingerprint density at radius 2 is 1.55 bits per heavy atom. The lowest BCUT2D eigenvalue weighted by Gasteiger charge is -2.34. The van der Waals surface area contributed by atoms with Gasteiger partial charge >= 0.3 is 23.9 Å². The summed E-state index contributed by atoms with van der Waals surface area (Å²) >= 11 is 0. The van der Waals surface area contributed by atoms with Gasteiger partial charge in [-0.2, -0.15) is 5.10 Å². The number of nitrogens with one attached hydrogen (secondary N) is 1. The number of carbonyl (C=O) groups is 4. The van der Waals surface area contributed by atoms with Gasteiger partial charge in [0.2, 0.25) is 0 Å². The second kappa shape index (κ2) is 18.0. The largest absolute Gasteiger partial charge is 0.497 e. The molecule has 0 aliphatic carbocycles. The van der Waals surface area contributed by atoms with E-state index in [0.29, 0.717) is 5.92 Å². The molecule has 44 heavy (non-hydrogen) atoms. The zero-order chi connectivity index (χ0) is 32.6. The van der Waals surface area contributed by atoms with Crippen LogP contribution in [0.3, 0.4) is 0 Å². The third-order valence-electron chi connectivity index (χ3n) is 6.07. The molecule has 1 aliphatic rings. The summed E-state index contributed by atoms with van der Waals surface area (Å²) in [4.78, 5) is 38.9. The lowest BCUT2D eigenvalue weighted by Crippen LogP contribution is -2.47. The van der Waals surface area contributed by atoms with Gasteiger partial charge in [0.25, 0.3) is 0 Å². The average molecular weight is 615 g/mol. The van der Waals surface area contributed by atoms with E-state index in [1.807, 2.05) is 35.0 Å². The van der Waals surface area contributed by atoms with Crippen molar-refractivity contribution in [2.24, 2.45) is 5.92 Å². The van der Waals surface area contributed by atoms with E-state index in [9.17, 15) is 0 Å². The smallest absolute Gasteiger partial charge is 0.414 e. The van der Waals surface area contributed by atoms with Crippen LogP contribution in [0.2, 0.25) is 0 Å². The number of aromatic nitrogens is 2. The molecule has 1 aromatic heterocycles. The van der Waals surface area contributed by atoms with Crippen molar-refractivity contribution < 1.29 is 49.1 Å². The van der Waals surface area contributed by atoms with E-state index in [4.69, 9.17) is 54.2 Å². The van der Waals surface area contributed by atoms with Crippen LogP contribution < -0.4 is 10.1 Å². The maximum absolute atomic E-state index is 9.10. The average Bonchev–Trinajstić information content (AvgIpc) is 3.42. The highest BCUT2D eigenvalue weighted by Gasteiger charge is 2.21. The van der Waals surface area contributed by atoms with Crippen molar-refractivity contribution in [2.75, 3.05) is 39.9 Å². The molecule has 1 unspecified atom stereocenters. The fourth-order valence-corrected chi connectivity index (χ4v) is 4.20. The predicted octanol–water partition coefficient (Wildman–Crippen LogP) is 2.31. The summed E-state index contributed by atoms with van der Waals surface area (Å²) in [5, 5.41) is 38.1. The Morgan fingerprint density at radius 3 is 2.07 bits per heavy atom. The highest BCUT2D eigenvalue weighted by atomic mass is 16.5. The number of nitrogens with zero attached hydrogens (tertiary/aromatic N) is 3. The summed E-state index contributed by atoms with van der Waals surface area (Å²) in [5.41, 5.74) is 4.27. The predicted molar refractivity (Wildman–Crippen MR) is 159 cm³/mol. The van der Waals surface area contributed by atoms with Crippen LogP contribution in [0.25, 0.3) is 16.9 Å². The lowest BCUT2D eigenvalue weighted by molar-refractivity contribution is -0.159. The Balaban J connectivity index is 0.000000477. The molecule has 0 saturated carbocycles. The summed E-state index contributed by atoms with van der Waals surface area (Å²) < 4.78 is 13.3. The SMILES string of the molecule is COc1ccc(-c2nn(-c3ccccc3)cc2CNCC2CN(CC(C)C)CCO2)cc1.O=C(O)C(=O)O.O=C(O)C(=O)O. The fourth-order valence-electron chi connectivity index (χ4n) is 4.20. The number of carboxylic acids is 4. The molecule has 2 aromatic carbocycles. The molecule has 1 saturated heterocycles. The minimum atomic E-state index is -1.82. The van der Waals surface area contributed by atoms with Crippen LogP contribution in [-0.2, 0) is 30.5 Å². The minimum Gasteiger partial charge on any atom is -0.497 e. The van der Waals surface area contributed by atoms with Gasteiger partial charge in [-0.05, 0) is 42.3 Å². The van der Waals surface area contributed by atoms with Crippen molar-refractivity contribution in [3.63, 3.8) is 0 Å². The fraction of sp³-hybridized carbons (Fsp3) is 0.367. The van der Waals surface area contributed by atoms with Gasteiger partial charge in [0.1, 0.15) is 5.75 Å². The van der Waals surface area contributed by atoms with Crippen LogP contribution in [0.15, 0.2) is 60.8 Å². The quantitative estimate of drug-likeness (QED) is 0.220. The van der Waals surface area contributed by atoms with E-state index in [0.717, 1.165) is 67.6 Å². The number of benzene rings is 2. The Labute approximate surface area is 254 Å². The van der Waals surface area contributed by atoms with Crippen molar-refractivity contribution in [1.29, 1.82) is 0 Å². The van der Waals surface area contributed by atoms with Crippen molar-refractivity contribution in [1.82, 2.24) is 20.0 Å². The standard InChI is InChI=1S/C26H34N4O2.2C2H2O4/c1-20(2)17-29-13-14-32-25(19-29)16-27-15-22-18-30(23-7-5-4-6-8-23)28-26(22)21-9-11-24(31-3)12-10-21;2*3-1(4)2(5)6/h4-12,18,20,25,27H,13-17,19H2,1-3H3;2*(H,3,4)(H,5,6). The summed E-state index contributed by atoms with van der Waals surface area (Å²) in [7, 11) is 1.68. The van der Waals surface area contributed by atoms with Gasteiger partial charge < -0.3 is 35.2 Å². The highest BCUT2D eigenvalue weighted by Crippen LogP contribution is 2.26. The summed E-state index contributed by atoms with van der Waals surface area (Å²) in [6.45, 7) is 10.1. The van der Waals surface area contributed by atoms with E-state index in [2.05, 4.69) is 54.5 Å². The number of carboxylic acid groups (broad SMARTS) is 4. The van der Waals surface area contributed by atoms with Crippen LogP contribution in [-0.4, -0.2) is 105 Å². The van der Waals surface area contributed by atoms with E-state index in [1.54, 1.807) is 7.11 Å². The molecule has 1 aliphatic heterocycles. The highest BCUT2D eigenvalue weighted by molar-refractivity contribution is 6.27. The first kappa shape index (κ1) is 35.4. The molecule has 1 fully saturated rings. The summed E-state index contributed by atoms with van der Waals surface area (Å²) in [5.74, 6) is -5.77. The lowest BCUT2D eigenvalue weighted by atomic mass is 10.1. The normalized spacial score (nSPS) is 14.4. The van der Waals surface area contributed by atoms with Gasteiger partial charge in [0.05, 0.1) is 31.2 Å². The number of ether oxygens (including phenoxy) is 2. The number of hydrogen-bond donors (Lipinski definition) is 5. The van der Waals surface area contributed by atoms with Crippen molar-refractivity contribution >= 4 is 23.9 Å². The molecular formula is C30H38N4O10. The molecule has 3 aromatic rings. The molecule has 1 atom stereocenters. The molecule has 0 amide bonds. The van der Waals surface area contributed by atoms with Crippen molar-refractivity contribution in [3.8, 4) is 22.7 Å². The number of para-hydroxylation sites is 1. The zero-order valence-corrected chi connectivity index (χ0v) is 24.8. The minimum absolute atomic E-state index is 0.219. The number of morpholine rings is 1. The topological polar surface area (TPSA) is 201 Å². The first-order chi connectivity index (χ1) is 20.9. The second-order valence-corrected chi connectivity index (χ2v) is 10.0. The van der Waals surface area contributed by atoms with E-state index >= 15 is 0 Å². The first-order valence-electron chi connectivity index (χ1n) is 13.7. The van der Waals surface area contributed by atoms with Gasteiger partial charge in [-0.25, -0.2) is 23.9 Å². The Hall–Kier alpha value is -4.79. The van der Waals surface area contributed by atoms with Gasteiger partial charge in [-0.15, -0.1) is 0 Å². The van der Waals surface area contributed by atoms with Crippen LogP contribution in [0.1, 0.15) is 19.4 Å². The van der Waals surface area contributed by atoms with Crippen molar-refractivity contribution in [3.05, 3.63) is 66.4 Å². The van der Waals surface area contributed by atoms with E-state index < -0.39 is 23.9 Å². The molecule has 0 radical (unpaired) electrons. The van der Waals surface area contributed by atoms with Gasteiger partial charge in [0.15, 0.2) is 0 Å². The Morgan fingerprint density at radius 1 is 0.955 bits per heavy atom. The Kier molecular flexibility index (Phi) is 14.5. The molecular weight excluding hydrogens is 576 g/mol. The molecule has 4 rings (SSSR count). The van der Waals surface area contributed by atoms with Gasteiger partial charge in [-0.3, -0.25) is 4.90 Å². The van der Waals surface area contributed by atoms with E-state index in [-0.39, 0.29) is 6.10 Å². The maximum atomic E-state index is 9.10. The summed E-state index contributed by atoms with van der Waals surface area (Å²) in [6.07, 6.45) is 2.34. The molecule has 2 heterocycles.